The maximum atomic E-state index is 11.1. The number of hydrogen-bond acceptors (Lipinski definition) is 4. The highest BCUT2D eigenvalue weighted by atomic mass is 32.1. The zero-order valence-corrected chi connectivity index (χ0v) is 10.1. The number of rotatable bonds is 2. The van der Waals surface area contributed by atoms with Gasteiger partial charge in [-0.3, -0.25) is 4.79 Å². The Morgan fingerprint density at radius 1 is 1.22 bits per heavy atom. The summed E-state index contributed by atoms with van der Waals surface area (Å²) in [5, 5.41) is 0.889. The Morgan fingerprint density at radius 2 is 2.00 bits per heavy atom. The number of nitrogens with zero attached hydrogens (tertiary/aromatic N) is 2. The number of carbonyl (C=O) groups excluding carboxylic acids is 1. The lowest BCUT2D eigenvalue weighted by atomic mass is 10.2. The van der Waals surface area contributed by atoms with E-state index in [0.29, 0.717) is 11.1 Å². The van der Waals surface area contributed by atoms with Gasteiger partial charge in [0.05, 0.1) is 5.56 Å². The lowest BCUT2D eigenvalue weighted by Gasteiger charge is -1.92. The lowest BCUT2D eigenvalue weighted by Crippen LogP contribution is -2.10. The maximum Gasteiger partial charge on any atom is 0.250 e. The summed E-state index contributed by atoms with van der Waals surface area (Å²) in [5.41, 5.74) is 7.35. The van der Waals surface area contributed by atoms with Crippen LogP contribution in [0.15, 0.2) is 42.6 Å². The van der Waals surface area contributed by atoms with Gasteiger partial charge in [0.15, 0.2) is 0 Å². The number of aromatic nitrogens is 2. The van der Waals surface area contributed by atoms with Crippen molar-refractivity contribution in [2.45, 2.75) is 0 Å². The summed E-state index contributed by atoms with van der Waals surface area (Å²) in [6.45, 7) is 0. The van der Waals surface area contributed by atoms with Gasteiger partial charge in [0.25, 0.3) is 0 Å². The van der Waals surface area contributed by atoms with Crippen LogP contribution < -0.4 is 5.73 Å². The van der Waals surface area contributed by atoms with Crippen molar-refractivity contribution in [2.75, 3.05) is 0 Å². The fourth-order valence-electron chi connectivity index (χ4n) is 1.66. The van der Waals surface area contributed by atoms with Crippen molar-refractivity contribution in [3.8, 4) is 10.6 Å². The van der Waals surface area contributed by atoms with Crippen molar-refractivity contribution in [1.82, 2.24) is 9.97 Å². The van der Waals surface area contributed by atoms with Crippen molar-refractivity contribution >= 4 is 27.6 Å². The van der Waals surface area contributed by atoms with Crippen LogP contribution >= 0.6 is 11.3 Å². The second-order valence-corrected chi connectivity index (χ2v) is 4.78. The molecule has 0 atom stereocenters. The number of benzene rings is 1. The number of nitrogens with two attached hydrogens (primary N) is 1. The maximum absolute atomic E-state index is 11.1. The van der Waals surface area contributed by atoms with E-state index in [1.165, 1.54) is 17.5 Å². The third kappa shape index (κ3) is 1.84. The molecule has 2 aromatic heterocycles. The summed E-state index contributed by atoms with van der Waals surface area (Å²) >= 11 is 1.50. The third-order valence-corrected chi connectivity index (χ3v) is 3.58. The molecule has 0 radical (unpaired) electrons. The van der Waals surface area contributed by atoms with E-state index >= 15 is 0 Å². The fraction of sp³-hybridized carbons (Fsp3) is 0. The molecule has 1 aromatic carbocycles. The number of hydrogen-bond donors (Lipinski definition) is 1. The smallest absolute Gasteiger partial charge is 0.250 e. The minimum Gasteiger partial charge on any atom is -0.366 e. The Morgan fingerprint density at radius 3 is 2.72 bits per heavy atom. The van der Waals surface area contributed by atoms with Gasteiger partial charge in [0.2, 0.25) is 5.91 Å². The number of pyridine rings is 1. The van der Waals surface area contributed by atoms with Crippen LogP contribution in [0.3, 0.4) is 0 Å². The molecule has 1 amide bonds. The number of amides is 1. The Labute approximate surface area is 107 Å². The first kappa shape index (κ1) is 10.9. The van der Waals surface area contributed by atoms with Crippen molar-refractivity contribution < 1.29 is 4.79 Å². The third-order valence-electron chi connectivity index (χ3n) is 2.55. The van der Waals surface area contributed by atoms with Gasteiger partial charge in [0.1, 0.15) is 15.4 Å². The highest BCUT2D eigenvalue weighted by molar-refractivity contribution is 7.21. The summed E-state index contributed by atoms with van der Waals surface area (Å²) in [6.07, 6.45) is 1.48. The average molecular weight is 255 g/mol. The van der Waals surface area contributed by atoms with E-state index in [2.05, 4.69) is 9.97 Å². The van der Waals surface area contributed by atoms with Crippen LogP contribution in [0.25, 0.3) is 20.9 Å². The summed E-state index contributed by atoms with van der Waals surface area (Å²) in [7, 11) is 0. The average Bonchev–Trinajstić information content (AvgIpc) is 2.82. The molecule has 5 heteroatoms. The van der Waals surface area contributed by atoms with Gasteiger partial charge >= 0.3 is 0 Å². The molecule has 2 N–H and O–H groups in total. The summed E-state index contributed by atoms with van der Waals surface area (Å²) in [4.78, 5) is 20.6. The monoisotopic (exact) mass is 255 g/mol. The second kappa shape index (κ2) is 4.19. The largest absolute Gasteiger partial charge is 0.366 e. The number of carbonyl (C=O) groups is 1. The molecule has 0 aliphatic carbocycles. The van der Waals surface area contributed by atoms with Crippen LogP contribution in [0.5, 0.6) is 0 Å². The van der Waals surface area contributed by atoms with Crippen molar-refractivity contribution in [1.29, 1.82) is 0 Å². The van der Waals surface area contributed by atoms with E-state index in [-0.39, 0.29) is 0 Å². The molecular weight excluding hydrogens is 246 g/mol. The Balaban J connectivity index is 2.14. The number of primary amides is 1. The normalized spacial score (nSPS) is 10.7. The predicted molar refractivity (Wildman–Crippen MR) is 71.4 cm³/mol. The van der Waals surface area contributed by atoms with Gasteiger partial charge in [-0.15, -0.1) is 0 Å². The molecular formula is C13H9N3OS. The van der Waals surface area contributed by atoms with Crippen molar-refractivity contribution in [3.63, 3.8) is 0 Å². The molecule has 0 aliphatic rings. The molecule has 0 unspecified atom stereocenters. The Hall–Kier alpha value is -2.27. The van der Waals surface area contributed by atoms with Crippen LogP contribution in [0.4, 0.5) is 0 Å². The second-order valence-electron chi connectivity index (χ2n) is 3.80. The molecule has 3 aromatic rings. The molecule has 18 heavy (non-hydrogen) atoms. The molecule has 0 saturated heterocycles. The first-order chi connectivity index (χ1) is 8.74. The van der Waals surface area contributed by atoms with Crippen LogP contribution in [0.2, 0.25) is 0 Å². The molecule has 2 heterocycles. The molecule has 0 spiro atoms. The number of thiazole rings is 1. The van der Waals surface area contributed by atoms with Gasteiger partial charge in [-0.1, -0.05) is 41.7 Å². The van der Waals surface area contributed by atoms with Gasteiger partial charge in [0, 0.05) is 11.8 Å². The molecule has 0 saturated carbocycles. The minimum atomic E-state index is -0.487. The standard InChI is InChI=1S/C13H9N3OS/c14-11(17)9-6-10-13(15-7-9)18-12(16-10)8-4-2-1-3-5-8/h1-7H,(H2,14,17). The first-order valence-electron chi connectivity index (χ1n) is 5.36. The SMILES string of the molecule is NC(=O)c1cnc2sc(-c3ccccc3)nc2c1. The topological polar surface area (TPSA) is 68.9 Å². The molecule has 4 nitrogen and oxygen atoms in total. The van der Waals surface area contributed by atoms with E-state index in [1.807, 2.05) is 30.3 Å². The summed E-state index contributed by atoms with van der Waals surface area (Å²) < 4.78 is 0. The minimum absolute atomic E-state index is 0.382. The zero-order chi connectivity index (χ0) is 12.5. The zero-order valence-electron chi connectivity index (χ0n) is 9.33. The Kier molecular flexibility index (Phi) is 2.53. The van der Waals surface area contributed by atoms with E-state index in [9.17, 15) is 4.79 Å². The predicted octanol–water partition coefficient (Wildman–Crippen LogP) is 2.46. The summed E-state index contributed by atoms with van der Waals surface area (Å²) in [5.74, 6) is -0.487. The van der Waals surface area contributed by atoms with E-state index in [0.717, 1.165) is 15.4 Å². The van der Waals surface area contributed by atoms with Gasteiger partial charge < -0.3 is 5.73 Å². The van der Waals surface area contributed by atoms with Crippen LogP contribution in [-0.4, -0.2) is 15.9 Å². The van der Waals surface area contributed by atoms with E-state index in [1.54, 1.807) is 6.07 Å². The number of fused-ring (bicyclic) bond motifs is 1. The van der Waals surface area contributed by atoms with Gasteiger partial charge in [-0.25, -0.2) is 9.97 Å². The van der Waals surface area contributed by atoms with Gasteiger partial charge in [-0.2, -0.15) is 0 Å². The van der Waals surface area contributed by atoms with Crippen molar-refractivity contribution in [3.05, 3.63) is 48.2 Å². The molecule has 0 bridgehead atoms. The lowest BCUT2D eigenvalue weighted by molar-refractivity contribution is 0.1000. The molecule has 3 rings (SSSR count). The highest BCUT2D eigenvalue weighted by Gasteiger charge is 2.09. The van der Waals surface area contributed by atoms with Crippen molar-refractivity contribution in [2.24, 2.45) is 5.73 Å². The van der Waals surface area contributed by atoms with Crippen LogP contribution in [0, 0.1) is 0 Å². The molecule has 88 valence electrons. The van der Waals surface area contributed by atoms with E-state index in [4.69, 9.17) is 5.73 Å². The first-order valence-corrected chi connectivity index (χ1v) is 6.17. The molecule has 0 fully saturated rings. The van der Waals surface area contributed by atoms with E-state index < -0.39 is 5.91 Å². The quantitative estimate of drug-likeness (QED) is 0.764. The molecule has 0 aliphatic heterocycles. The Bertz CT molecular complexity index is 721. The van der Waals surface area contributed by atoms with Crippen LogP contribution in [0.1, 0.15) is 10.4 Å². The summed E-state index contributed by atoms with van der Waals surface area (Å²) in [6, 6.07) is 11.5. The highest BCUT2D eigenvalue weighted by Crippen LogP contribution is 2.28. The van der Waals surface area contributed by atoms with Crippen LogP contribution in [-0.2, 0) is 0 Å². The van der Waals surface area contributed by atoms with Gasteiger partial charge in [-0.05, 0) is 6.07 Å². The fourth-order valence-corrected chi connectivity index (χ4v) is 2.56.